The molecule has 0 unspecified atom stereocenters. The number of hydrazine groups is 1. The summed E-state index contributed by atoms with van der Waals surface area (Å²) in [6.07, 6.45) is -0.500. The van der Waals surface area contributed by atoms with Crippen LogP contribution < -0.4 is 5.43 Å². The van der Waals surface area contributed by atoms with Gasteiger partial charge in [0.05, 0.1) is 6.61 Å². The lowest BCUT2D eigenvalue weighted by atomic mass is 10.4. The van der Waals surface area contributed by atoms with Crippen molar-refractivity contribution in [2.24, 2.45) is 0 Å². The largest absolute Gasteiger partial charge is 0.522 e. The van der Waals surface area contributed by atoms with Crippen LogP contribution in [0.5, 0.6) is 0 Å². The Kier molecular flexibility index (Phi) is 3.56. The quantitative estimate of drug-likeness (QED) is 0.685. The van der Waals surface area contributed by atoms with E-state index in [9.17, 15) is 13.2 Å². The van der Waals surface area contributed by atoms with Gasteiger partial charge in [-0.2, -0.15) is 0 Å². The molecule has 0 spiro atoms. The number of ether oxygens (including phenoxy) is 1. The Hall–Kier alpha value is -0.750. The van der Waals surface area contributed by atoms with Crippen LogP contribution in [0.2, 0.25) is 0 Å². The van der Waals surface area contributed by atoms with E-state index < -0.39 is 6.36 Å². The van der Waals surface area contributed by atoms with E-state index in [0.717, 1.165) is 6.54 Å². The molecule has 3 nitrogen and oxygen atoms in total. The smallest absolute Gasteiger partial charge is 0.326 e. The standard InChI is InChI=1S/C7H11F3N2O/c8-7(9,10)13-6-2-5-12-4-1-3-11-12/h1,3,11H,2,4-6H2. The van der Waals surface area contributed by atoms with Gasteiger partial charge < -0.3 is 5.43 Å². The number of alkyl halides is 3. The SMILES string of the molecule is FC(F)(F)OCCCN1CC=CN1. The molecule has 0 saturated heterocycles. The van der Waals surface area contributed by atoms with Crippen molar-refractivity contribution in [2.75, 3.05) is 19.7 Å². The Morgan fingerprint density at radius 3 is 2.77 bits per heavy atom. The summed E-state index contributed by atoms with van der Waals surface area (Å²) in [6.45, 7) is 0.983. The van der Waals surface area contributed by atoms with Gasteiger partial charge in [0.1, 0.15) is 0 Å². The molecule has 1 heterocycles. The number of nitrogens with one attached hydrogen (secondary N) is 1. The van der Waals surface area contributed by atoms with Crippen molar-refractivity contribution in [1.82, 2.24) is 10.4 Å². The van der Waals surface area contributed by atoms with Gasteiger partial charge >= 0.3 is 6.36 Å². The van der Waals surface area contributed by atoms with Crippen LogP contribution in [0.4, 0.5) is 13.2 Å². The van der Waals surface area contributed by atoms with Gasteiger partial charge in [0.2, 0.25) is 0 Å². The van der Waals surface area contributed by atoms with E-state index in [0.29, 0.717) is 13.0 Å². The van der Waals surface area contributed by atoms with E-state index in [4.69, 9.17) is 0 Å². The average molecular weight is 196 g/mol. The molecule has 76 valence electrons. The van der Waals surface area contributed by atoms with Gasteiger partial charge in [-0.15, -0.1) is 13.2 Å². The lowest BCUT2D eigenvalue weighted by Crippen LogP contribution is -2.31. The number of halogens is 3. The summed E-state index contributed by atoms with van der Waals surface area (Å²) in [4.78, 5) is 0. The van der Waals surface area contributed by atoms with Gasteiger partial charge in [0.25, 0.3) is 0 Å². The highest BCUT2D eigenvalue weighted by molar-refractivity contribution is 4.88. The van der Waals surface area contributed by atoms with E-state index in [2.05, 4.69) is 10.2 Å². The predicted octanol–water partition coefficient (Wildman–Crippen LogP) is 1.25. The first-order valence-corrected chi connectivity index (χ1v) is 3.95. The molecular formula is C7H11F3N2O. The molecule has 0 aromatic rings. The van der Waals surface area contributed by atoms with Crippen molar-refractivity contribution in [3.63, 3.8) is 0 Å². The highest BCUT2D eigenvalue weighted by Crippen LogP contribution is 2.16. The molecular weight excluding hydrogens is 185 g/mol. The van der Waals surface area contributed by atoms with Gasteiger partial charge in [-0.3, -0.25) is 4.74 Å². The van der Waals surface area contributed by atoms with Crippen molar-refractivity contribution in [1.29, 1.82) is 0 Å². The van der Waals surface area contributed by atoms with Gasteiger partial charge in [0, 0.05) is 19.3 Å². The minimum atomic E-state index is -4.50. The third-order valence-corrected chi connectivity index (χ3v) is 1.54. The van der Waals surface area contributed by atoms with Crippen molar-refractivity contribution in [3.8, 4) is 0 Å². The van der Waals surface area contributed by atoms with Crippen LogP contribution in [0, 0.1) is 0 Å². The number of hydrogen-bond donors (Lipinski definition) is 1. The molecule has 0 radical (unpaired) electrons. The van der Waals surface area contributed by atoms with Crippen molar-refractivity contribution >= 4 is 0 Å². The van der Waals surface area contributed by atoms with E-state index in [1.54, 1.807) is 11.2 Å². The molecule has 0 aliphatic carbocycles. The first-order chi connectivity index (χ1) is 6.08. The minimum Gasteiger partial charge on any atom is -0.326 e. The molecule has 13 heavy (non-hydrogen) atoms. The zero-order valence-corrected chi connectivity index (χ0v) is 6.97. The molecule has 0 amide bonds. The summed E-state index contributed by atoms with van der Waals surface area (Å²) in [7, 11) is 0. The highest BCUT2D eigenvalue weighted by Gasteiger charge is 2.28. The summed E-state index contributed by atoms with van der Waals surface area (Å²) in [5.74, 6) is 0. The summed E-state index contributed by atoms with van der Waals surface area (Å²) >= 11 is 0. The molecule has 0 aromatic heterocycles. The zero-order chi connectivity index (χ0) is 9.73. The summed E-state index contributed by atoms with van der Waals surface area (Å²) in [5, 5.41) is 1.81. The maximum absolute atomic E-state index is 11.5. The maximum Gasteiger partial charge on any atom is 0.522 e. The monoisotopic (exact) mass is 196 g/mol. The van der Waals surface area contributed by atoms with E-state index in [-0.39, 0.29) is 6.61 Å². The average Bonchev–Trinajstić information content (AvgIpc) is 2.48. The lowest BCUT2D eigenvalue weighted by Gasteiger charge is -2.15. The predicted molar refractivity (Wildman–Crippen MR) is 40.5 cm³/mol. The normalized spacial score (nSPS) is 17.8. The van der Waals surface area contributed by atoms with Gasteiger partial charge in [-0.05, 0) is 6.42 Å². The Labute approximate surface area is 74.1 Å². The third kappa shape index (κ3) is 4.74. The molecule has 1 rings (SSSR count). The van der Waals surface area contributed by atoms with Crippen LogP contribution in [0.1, 0.15) is 6.42 Å². The molecule has 1 aliphatic rings. The molecule has 0 fully saturated rings. The number of nitrogens with zero attached hydrogens (tertiary/aromatic N) is 1. The van der Waals surface area contributed by atoms with Crippen molar-refractivity contribution < 1.29 is 17.9 Å². The van der Waals surface area contributed by atoms with Crippen molar-refractivity contribution in [2.45, 2.75) is 12.8 Å². The topological polar surface area (TPSA) is 24.5 Å². The molecule has 0 bridgehead atoms. The second-order valence-corrected chi connectivity index (χ2v) is 2.63. The molecule has 0 saturated carbocycles. The molecule has 1 aliphatic heterocycles. The fourth-order valence-electron chi connectivity index (χ4n) is 0.990. The third-order valence-electron chi connectivity index (χ3n) is 1.54. The number of rotatable bonds is 4. The molecule has 0 atom stereocenters. The van der Waals surface area contributed by atoms with Gasteiger partial charge in [0.15, 0.2) is 0 Å². The van der Waals surface area contributed by atoms with E-state index in [1.807, 2.05) is 6.08 Å². The lowest BCUT2D eigenvalue weighted by molar-refractivity contribution is -0.324. The van der Waals surface area contributed by atoms with Crippen LogP contribution in [-0.2, 0) is 4.74 Å². The fourth-order valence-corrected chi connectivity index (χ4v) is 0.990. The first kappa shape index (κ1) is 10.3. The summed E-state index contributed by atoms with van der Waals surface area (Å²) in [5.41, 5.74) is 2.87. The highest BCUT2D eigenvalue weighted by atomic mass is 19.4. The van der Waals surface area contributed by atoms with E-state index in [1.165, 1.54) is 0 Å². The van der Waals surface area contributed by atoms with Gasteiger partial charge in [-0.1, -0.05) is 6.08 Å². The van der Waals surface area contributed by atoms with E-state index >= 15 is 0 Å². The second-order valence-electron chi connectivity index (χ2n) is 2.63. The van der Waals surface area contributed by atoms with Crippen LogP contribution in [0.25, 0.3) is 0 Å². The summed E-state index contributed by atoms with van der Waals surface area (Å²) < 4.78 is 38.1. The Morgan fingerprint density at radius 2 is 2.23 bits per heavy atom. The first-order valence-electron chi connectivity index (χ1n) is 3.95. The van der Waals surface area contributed by atoms with Crippen LogP contribution in [-0.4, -0.2) is 31.1 Å². The van der Waals surface area contributed by atoms with Crippen LogP contribution >= 0.6 is 0 Å². The fraction of sp³-hybridized carbons (Fsp3) is 0.714. The van der Waals surface area contributed by atoms with Crippen molar-refractivity contribution in [3.05, 3.63) is 12.3 Å². The van der Waals surface area contributed by atoms with Gasteiger partial charge in [-0.25, -0.2) is 5.01 Å². The minimum absolute atomic E-state index is 0.290. The molecule has 0 aromatic carbocycles. The Balaban J connectivity index is 1.95. The zero-order valence-electron chi connectivity index (χ0n) is 6.97. The Bertz CT molecular complexity index is 173. The van der Waals surface area contributed by atoms with Crippen LogP contribution in [0.3, 0.4) is 0 Å². The molecule has 1 N–H and O–H groups in total. The molecule has 6 heteroatoms. The number of hydrogen-bond acceptors (Lipinski definition) is 3. The van der Waals surface area contributed by atoms with Crippen LogP contribution in [0.15, 0.2) is 12.3 Å². The Morgan fingerprint density at radius 1 is 1.46 bits per heavy atom. The summed E-state index contributed by atoms with van der Waals surface area (Å²) in [6, 6.07) is 0. The maximum atomic E-state index is 11.5. The second kappa shape index (κ2) is 4.48.